The summed E-state index contributed by atoms with van der Waals surface area (Å²) in [4.78, 5) is 21.9. The van der Waals surface area contributed by atoms with Crippen molar-refractivity contribution >= 4 is 33.5 Å². The second kappa shape index (κ2) is 6.80. The van der Waals surface area contributed by atoms with Gasteiger partial charge in [0.1, 0.15) is 17.8 Å². The van der Waals surface area contributed by atoms with Gasteiger partial charge in [0, 0.05) is 33.1 Å². The molecule has 2 heterocycles. The van der Waals surface area contributed by atoms with Crippen LogP contribution in [0.2, 0.25) is 0 Å². The lowest BCUT2D eigenvalue weighted by Gasteiger charge is -2.25. The van der Waals surface area contributed by atoms with Crippen LogP contribution in [0.3, 0.4) is 0 Å². The zero-order valence-corrected chi connectivity index (χ0v) is 12.9. The van der Waals surface area contributed by atoms with E-state index in [1.807, 2.05) is 0 Å². The highest BCUT2D eigenvalue weighted by Gasteiger charge is 2.33. The quantitative estimate of drug-likeness (QED) is 0.583. The van der Waals surface area contributed by atoms with E-state index in [4.69, 9.17) is 0 Å². The van der Waals surface area contributed by atoms with Crippen molar-refractivity contribution in [2.24, 2.45) is 11.8 Å². The molecule has 2 aliphatic heterocycles. The number of carbonyl (C=O) groups is 2. The summed E-state index contributed by atoms with van der Waals surface area (Å²) < 4.78 is 32.8. The number of rotatable bonds is 8. The van der Waals surface area contributed by atoms with Crippen molar-refractivity contribution in [1.29, 1.82) is 0 Å². The van der Waals surface area contributed by atoms with Gasteiger partial charge in [0.05, 0.1) is 11.8 Å². The Bertz CT molecular complexity index is 409. The van der Waals surface area contributed by atoms with Crippen LogP contribution in [0.5, 0.6) is 0 Å². The third-order valence-corrected chi connectivity index (χ3v) is 7.64. The predicted molar refractivity (Wildman–Crippen MR) is 73.6 cm³/mol. The number of carbonyl (C=O) groups excluding carboxylic acids is 2. The highest BCUT2D eigenvalue weighted by Crippen LogP contribution is 2.20. The predicted octanol–water partition coefficient (Wildman–Crippen LogP) is -0.0440. The maximum atomic E-state index is 12.0. The van der Waals surface area contributed by atoms with Gasteiger partial charge in [-0.15, -0.1) is 0 Å². The SMILES string of the molecule is CC(S(=O)CCC1COC1=O)S(=O)CCC1COC1=O. The molecule has 2 saturated heterocycles. The van der Waals surface area contributed by atoms with Crippen molar-refractivity contribution in [3.8, 4) is 0 Å². The lowest BCUT2D eigenvalue weighted by molar-refractivity contribution is -0.169. The highest BCUT2D eigenvalue weighted by atomic mass is 32.2. The van der Waals surface area contributed by atoms with Crippen LogP contribution in [0, 0.1) is 11.8 Å². The summed E-state index contributed by atoms with van der Waals surface area (Å²) in [6, 6.07) is 0. The van der Waals surface area contributed by atoms with Crippen molar-refractivity contribution in [3.05, 3.63) is 0 Å². The van der Waals surface area contributed by atoms with Crippen LogP contribution in [0.4, 0.5) is 0 Å². The number of hydrogen-bond donors (Lipinski definition) is 0. The summed E-state index contributed by atoms with van der Waals surface area (Å²) >= 11 is 0. The van der Waals surface area contributed by atoms with E-state index in [2.05, 4.69) is 9.47 Å². The second-order valence-electron chi connectivity index (χ2n) is 4.97. The van der Waals surface area contributed by atoms with Gasteiger partial charge >= 0.3 is 11.9 Å². The van der Waals surface area contributed by atoms with Gasteiger partial charge in [0.2, 0.25) is 0 Å². The molecular weight excluding hydrogens is 304 g/mol. The summed E-state index contributed by atoms with van der Waals surface area (Å²) in [7, 11) is -2.46. The van der Waals surface area contributed by atoms with Crippen LogP contribution >= 0.6 is 0 Å². The molecule has 0 spiro atoms. The van der Waals surface area contributed by atoms with Gasteiger partial charge in [-0.2, -0.15) is 0 Å². The molecule has 4 unspecified atom stereocenters. The van der Waals surface area contributed by atoms with Crippen molar-refractivity contribution in [1.82, 2.24) is 0 Å². The largest absolute Gasteiger partial charge is 0.464 e. The Labute approximate surface area is 122 Å². The summed E-state index contributed by atoms with van der Waals surface area (Å²) in [6.45, 7) is 2.49. The first-order valence-electron chi connectivity index (χ1n) is 6.56. The smallest absolute Gasteiger partial charge is 0.312 e. The summed E-state index contributed by atoms with van der Waals surface area (Å²) in [5, 5.41) is 0. The first kappa shape index (κ1) is 15.6. The summed E-state index contributed by atoms with van der Waals surface area (Å²) in [5.41, 5.74) is 0. The molecule has 0 saturated carbocycles. The molecule has 0 N–H and O–H groups in total. The molecule has 114 valence electrons. The van der Waals surface area contributed by atoms with Crippen molar-refractivity contribution in [3.63, 3.8) is 0 Å². The second-order valence-corrected chi connectivity index (χ2v) is 9.02. The van der Waals surface area contributed by atoms with Crippen LogP contribution in [0.1, 0.15) is 19.8 Å². The number of ether oxygens (including phenoxy) is 2. The Balaban J connectivity index is 1.67. The molecule has 0 aromatic heterocycles. The van der Waals surface area contributed by atoms with E-state index in [1.165, 1.54) is 0 Å². The van der Waals surface area contributed by atoms with Crippen LogP contribution in [0.15, 0.2) is 0 Å². The van der Waals surface area contributed by atoms with E-state index in [0.717, 1.165) is 0 Å². The monoisotopic (exact) mass is 322 g/mol. The van der Waals surface area contributed by atoms with E-state index < -0.39 is 26.2 Å². The van der Waals surface area contributed by atoms with E-state index in [9.17, 15) is 18.0 Å². The standard InChI is InChI=1S/C12H18O6S2/c1-8(19(15)4-2-9-6-17-11(9)13)20(16)5-3-10-7-18-12(10)14/h8-10H,2-7H2,1H3. The van der Waals surface area contributed by atoms with E-state index in [-0.39, 0.29) is 23.8 Å². The molecule has 0 amide bonds. The molecule has 2 aliphatic rings. The zero-order valence-electron chi connectivity index (χ0n) is 11.2. The zero-order chi connectivity index (χ0) is 14.7. The molecule has 2 rings (SSSR count). The highest BCUT2D eigenvalue weighted by molar-refractivity contribution is 8.02. The molecule has 0 radical (unpaired) electrons. The molecule has 2 fully saturated rings. The van der Waals surface area contributed by atoms with Gasteiger partial charge in [-0.25, -0.2) is 0 Å². The van der Waals surface area contributed by atoms with E-state index in [1.54, 1.807) is 6.92 Å². The van der Waals surface area contributed by atoms with Crippen LogP contribution in [-0.4, -0.2) is 49.7 Å². The van der Waals surface area contributed by atoms with Gasteiger partial charge in [-0.3, -0.25) is 18.0 Å². The molecular formula is C12H18O6S2. The van der Waals surface area contributed by atoms with Crippen molar-refractivity contribution in [2.75, 3.05) is 24.7 Å². The Morgan fingerprint density at radius 1 is 1.00 bits per heavy atom. The van der Waals surface area contributed by atoms with Gasteiger partial charge in [0.25, 0.3) is 0 Å². The average molecular weight is 322 g/mol. The molecule has 8 heteroatoms. The Hall–Kier alpha value is -0.760. The van der Waals surface area contributed by atoms with Gasteiger partial charge < -0.3 is 9.47 Å². The topological polar surface area (TPSA) is 86.7 Å². The Kier molecular flexibility index (Phi) is 5.31. The fourth-order valence-electron chi connectivity index (χ4n) is 1.91. The van der Waals surface area contributed by atoms with Crippen LogP contribution in [-0.2, 0) is 40.7 Å². The third kappa shape index (κ3) is 3.66. The van der Waals surface area contributed by atoms with Gasteiger partial charge in [-0.1, -0.05) is 0 Å². The fourth-order valence-corrected chi connectivity index (χ4v) is 5.14. The lowest BCUT2D eigenvalue weighted by Crippen LogP contribution is -2.37. The number of hydrogen-bond acceptors (Lipinski definition) is 6. The molecule has 0 aromatic carbocycles. The first-order valence-corrected chi connectivity index (χ1v) is 9.33. The number of cyclic esters (lactones) is 2. The summed E-state index contributed by atoms with van der Waals surface area (Å²) in [6.07, 6.45) is 1.03. The molecule has 4 atom stereocenters. The first-order chi connectivity index (χ1) is 9.49. The van der Waals surface area contributed by atoms with E-state index >= 15 is 0 Å². The molecule has 20 heavy (non-hydrogen) atoms. The maximum absolute atomic E-state index is 12.0. The minimum Gasteiger partial charge on any atom is -0.464 e. The summed E-state index contributed by atoms with van der Waals surface area (Å²) in [5.74, 6) is -0.0526. The fraction of sp³-hybridized carbons (Fsp3) is 0.833. The maximum Gasteiger partial charge on any atom is 0.312 e. The third-order valence-electron chi connectivity index (χ3n) is 3.60. The molecule has 0 aromatic rings. The number of esters is 2. The van der Waals surface area contributed by atoms with E-state index in [0.29, 0.717) is 37.6 Å². The minimum absolute atomic E-state index is 0.149. The van der Waals surface area contributed by atoms with Crippen LogP contribution < -0.4 is 0 Å². The normalized spacial score (nSPS) is 29.4. The van der Waals surface area contributed by atoms with Crippen LogP contribution in [0.25, 0.3) is 0 Å². The minimum atomic E-state index is -1.23. The molecule has 0 aliphatic carbocycles. The molecule has 0 bridgehead atoms. The lowest BCUT2D eigenvalue weighted by atomic mass is 10.1. The Morgan fingerprint density at radius 2 is 1.40 bits per heavy atom. The van der Waals surface area contributed by atoms with Gasteiger partial charge in [-0.05, 0) is 19.8 Å². The van der Waals surface area contributed by atoms with Crippen molar-refractivity contribution < 1.29 is 27.5 Å². The average Bonchev–Trinajstić information content (AvgIpc) is 2.42. The van der Waals surface area contributed by atoms with Crippen molar-refractivity contribution in [2.45, 2.75) is 24.3 Å². The Morgan fingerprint density at radius 3 is 1.65 bits per heavy atom. The molecule has 6 nitrogen and oxygen atoms in total. The van der Waals surface area contributed by atoms with Gasteiger partial charge in [0.15, 0.2) is 0 Å².